The van der Waals surface area contributed by atoms with Crippen molar-refractivity contribution in [3.8, 4) is 33.8 Å². The average molecular weight is 592 g/mol. The van der Waals surface area contributed by atoms with Crippen molar-refractivity contribution < 1.29 is 34.8 Å². The Morgan fingerprint density at radius 2 is 1.46 bits per heavy atom. The molecule has 3 aromatic carbocycles. The number of hydrogen-bond acceptors (Lipinski definition) is 5. The molecule has 0 N–H and O–H groups in total. The lowest BCUT2D eigenvalue weighted by Crippen LogP contribution is -2.10. The molecule has 0 spiro atoms. The van der Waals surface area contributed by atoms with Crippen LogP contribution in [0.2, 0.25) is 0 Å². The van der Waals surface area contributed by atoms with Gasteiger partial charge in [-0.1, -0.05) is 35.5 Å². The molecule has 5 aromatic rings. The van der Waals surface area contributed by atoms with E-state index < -0.39 is 33.4 Å². The molecule has 0 aliphatic rings. The highest BCUT2D eigenvalue weighted by Crippen LogP contribution is 2.36. The Hall–Kier alpha value is -4.46. The number of sulfone groups is 1. The van der Waals surface area contributed by atoms with Gasteiger partial charge in [0.1, 0.15) is 6.33 Å². The van der Waals surface area contributed by atoms with E-state index in [4.69, 9.17) is 0 Å². The van der Waals surface area contributed by atoms with Gasteiger partial charge in [-0.2, -0.15) is 26.3 Å². The highest BCUT2D eigenvalue weighted by molar-refractivity contribution is 7.90. The van der Waals surface area contributed by atoms with Gasteiger partial charge in [0.05, 0.1) is 39.4 Å². The standard InChI is InChI=1S/C27H19F6N5O2S/c1-16-25(27(31,32)33)34-15-37(16)22-10-9-18(17-5-4-8-21(12-17)41(2,39)40)13-23(22)38-24(14-35-36-38)19-6-3-7-20(11-19)26(28,29)30/h3-15H,1-2H3. The average Bonchev–Trinajstić information content (AvgIpc) is 3.54. The van der Waals surface area contributed by atoms with Crippen LogP contribution >= 0.6 is 0 Å². The van der Waals surface area contributed by atoms with E-state index in [0.717, 1.165) is 24.7 Å². The minimum atomic E-state index is -4.72. The van der Waals surface area contributed by atoms with Crippen LogP contribution in [0.5, 0.6) is 0 Å². The van der Waals surface area contributed by atoms with Crippen LogP contribution in [-0.2, 0) is 22.2 Å². The number of hydrogen-bond donors (Lipinski definition) is 0. The number of imidazole rings is 1. The molecule has 0 bridgehead atoms. The third-order valence-electron chi connectivity index (χ3n) is 6.37. The number of halogens is 6. The second-order valence-electron chi connectivity index (χ2n) is 9.16. The molecular formula is C27H19F6N5O2S. The van der Waals surface area contributed by atoms with E-state index >= 15 is 0 Å². The fraction of sp³-hybridized carbons (Fsp3) is 0.148. The Balaban J connectivity index is 1.75. The number of rotatable bonds is 5. The smallest absolute Gasteiger partial charge is 0.301 e. The SMILES string of the molecule is Cc1c(C(F)(F)F)ncn1-c1ccc(-c2cccc(S(C)(=O)=O)c2)cc1-n1nncc1-c1cccc(C(F)(F)F)c1. The van der Waals surface area contributed by atoms with E-state index in [1.54, 1.807) is 18.2 Å². The maximum Gasteiger partial charge on any atom is 0.435 e. The van der Waals surface area contributed by atoms with Crippen molar-refractivity contribution in [2.75, 3.05) is 6.26 Å². The first-order valence-electron chi connectivity index (χ1n) is 11.8. The van der Waals surface area contributed by atoms with Gasteiger partial charge in [-0.15, -0.1) is 5.10 Å². The number of nitrogens with zero attached hydrogens (tertiary/aromatic N) is 5. The summed E-state index contributed by atoms with van der Waals surface area (Å²) in [7, 11) is -3.55. The van der Waals surface area contributed by atoms with Gasteiger partial charge >= 0.3 is 12.4 Å². The Kier molecular flexibility index (Phi) is 6.76. The summed E-state index contributed by atoms with van der Waals surface area (Å²) >= 11 is 0. The molecule has 0 amide bonds. The van der Waals surface area contributed by atoms with Gasteiger partial charge in [0.15, 0.2) is 15.5 Å². The fourth-order valence-electron chi connectivity index (χ4n) is 4.38. The van der Waals surface area contributed by atoms with Crippen LogP contribution in [0.15, 0.2) is 84.1 Å². The molecule has 0 unspecified atom stereocenters. The monoisotopic (exact) mass is 591 g/mol. The Morgan fingerprint density at radius 1 is 0.780 bits per heavy atom. The summed E-state index contributed by atoms with van der Waals surface area (Å²) < 4.78 is 108. The second-order valence-corrected chi connectivity index (χ2v) is 11.2. The molecule has 0 aliphatic heterocycles. The first-order chi connectivity index (χ1) is 19.1. The van der Waals surface area contributed by atoms with Crippen molar-refractivity contribution in [2.24, 2.45) is 0 Å². The van der Waals surface area contributed by atoms with Crippen molar-refractivity contribution in [3.05, 3.63) is 96.2 Å². The van der Waals surface area contributed by atoms with Crippen LogP contribution in [0, 0.1) is 6.92 Å². The first kappa shape index (κ1) is 28.1. The van der Waals surface area contributed by atoms with Crippen LogP contribution in [0.25, 0.3) is 33.8 Å². The minimum Gasteiger partial charge on any atom is -0.301 e. The zero-order valence-electron chi connectivity index (χ0n) is 21.2. The highest BCUT2D eigenvalue weighted by atomic mass is 32.2. The molecule has 41 heavy (non-hydrogen) atoms. The highest BCUT2D eigenvalue weighted by Gasteiger charge is 2.36. The molecule has 0 fully saturated rings. The van der Waals surface area contributed by atoms with Crippen LogP contribution in [0.1, 0.15) is 17.0 Å². The Morgan fingerprint density at radius 3 is 2.12 bits per heavy atom. The zero-order chi connectivity index (χ0) is 29.7. The molecule has 5 rings (SSSR count). The summed E-state index contributed by atoms with van der Waals surface area (Å²) in [6, 6.07) is 15.1. The molecule has 7 nitrogen and oxygen atoms in total. The summed E-state index contributed by atoms with van der Waals surface area (Å²) in [5, 5.41) is 7.92. The van der Waals surface area contributed by atoms with Gasteiger partial charge < -0.3 is 4.57 Å². The molecular weight excluding hydrogens is 572 g/mol. The van der Waals surface area contributed by atoms with Crippen LogP contribution < -0.4 is 0 Å². The summed E-state index contributed by atoms with van der Waals surface area (Å²) in [6.07, 6.45) is -6.07. The maximum absolute atomic E-state index is 13.5. The largest absolute Gasteiger partial charge is 0.435 e. The number of aromatic nitrogens is 5. The van der Waals surface area contributed by atoms with Crippen molar-refractivity contribution >= 4 is 9.84 Å². The van der Waals surface area contributed by atoms with E-state index in [2.05, 4.69) is 15.3 Å². The predicted molar refractivity (Wildman–Crippen MR) is 137 cm³/mol. The number of alkyl halides is 6. The van der Waals surface area contributed by atoms with Crippen molar-refractivity contribution in [2.45, 2.75) is 24.2 Å². The third-order valence-corrected chi connectivity index (χ3v) is 7.48. The molecule has 0 saturated carbocycles. The van der Waals surface area contributed by atoms with E-state index in [0.29, 0.717) is 11.1 Å². The van der Waals surface area contributed by atoms with Crippen LogP contribution in [0.3, 0.4) is 0 Å². The minimum absolute atomic E-state index is 0.0475. The Bertz CT molecular complexity index is 1870. The lowest BCUT2D eigenvalue weighted by molar-refractivity contribution is -0.141. The van der Waals surface area contributed by atoms with E-state index in [1.165, 1.54) is 58.8 Å². The summed E-state index contributed by atoms with van der Waals surface area (Å²) in [5.41, 5.74) is -0.732. The predicted octanol–water partition coefficient (Wildman–Crippen LogP) is 6.54. The first-order valence-corrected chi connectivity index (χ1v) is 13.7. The topological polar surface area (TPSA) is 82.7 Å². The zero-order valence-corrected chi connectivity index (χ0v) is 22.1. The van der Waals surface area contributed by atoms with Crippen molar-refractivity contribution in [3.63, 3.8) is 0 Å². The molecule has 2 aromatic heterocycles. The van der Waals surface area contributed by atoms with E-state index in [1.807, 2.05) is 0 Å². The van der Waals surface area contributed by atoms with Crippen LogP contribution in [0.4, 0.5) is 26.3 Å². The molecule has 14 heteroatoms. The molecule has 0 atom stereocenters. The lowest BCUT2D eigenvalue weighted by atomic mass is 10.0. The van der Waals surface area contributed by atoms with Gasteiger partial charge in [-0.05, 0) is 54.4 Å². The maximum atomic E-state index is 13.5. The van der Waals surface area contributed by atoms with Crippen LogP contribution in [-0.4, -0.2) is 39.2 Å². The van der Waals surface area contributed by atoms with Gasteiger partial charge in [-0.3, -0.25) is 0 Å². The Labute approximate surface area is 229 Å². The number of benzene rings is 3. The third kappa shape index (κ3) is 5.46. The van der Waals surface area contributed by atoms with Gasteiger partial charge in [-0.25, -0.2) is 18.1 Å². The van der Waals surface area contributed by atoms with E-state index in [-0.39, 0.29) is 33.2 Å². The second kappa shape index (κ2) is 9.87. The normalized spacial score (nSPS) is 12.6. The molecule has 2 heterocycles. The van der Waals surface area contributed by atoms with E-state index in [9.17, 15) is 34.8 Å². The molecule has 0 saturated heterocycles. The molecule has 0 aliphatic carbocycles. The summed E-state index contributed by atoms with van der Waals surface area (Å²) in [5.74, 6) is 0. The molecule has 212 valence electrons. The van der Waals surface area contributed by atoms with Crippen molar-refractivity contribution in [1.29, 1.82) is 0 Å². The molecule has 0 radical (unpaired) electrons. The van der Waals surface area contributed by atoms with Crippen molar-refractivity contribution in [1.82, 2.24) is 24.5 Å². The summed E-state index contributed by atoms with van der Waals surface area (Å²) in [6.45, 7) is 1.23. The lowest BCUT2D eigenvalue weighted by Gasteiger charge is -2.17. The fourth-order valence-corrected chi connectivity index (χ4v) is 5.04. The summed E-state index contributed by atoms with van der Waals surface area (Å²) in [4.78, 5) is 3.57. The quantitative estimate of drug-likeness (QED) is 0.217. The van der Waals surface area contributed by atoms with Gasteiger partial charge in [0.2, 0.25) is 0 Å². The van der Waals surface area contributed by atoms with Gasteiger partial charge in [0, 0.05) is 11.8 Å². The van der Waals surface area contributed by atoms with Gasteiger partial charge in [0.25, 0.3) is 0 Å².